The van der Waals surface area contributed by atoms with Crippen LogP contribution in [0.2, 0.25) is 4.34 Å². The van der Waals surface area contributed by atoms with Crippen LogP contribution in [0.1, 0.15) is 31.1 Å². The molecule has 0 spiro atoms. The van der Waals surface area contributed by atoms with Gasteiger partial charge in [0.2, 0.25) is 0 Å². The maximum atomic E-state index is 6.12. The van der Waals surface area contributed by atoms with E-state index in [1.54, 1.807) is 11.3 Å². The van der Waals surface area contributed by atoms with Crippen LogP contribution in [0.25, 0.3) is 0 Å². The molecule has 1 aromatic rings. The highest BCUT2D eigenvalue weighted by molar-refractivity contribution is 9.10. The Morgan fingerprint density at radius 1 is 1.61 bits per heavy atom. The lowest BCUT2D eigenvalue weighted by atomic mass is 10.1. The highest BCUT2D eigenvalue weighted by Crippen LogP contribution is 2.33. The van der Waals surface area contributed by atoms with Gasteiger partial charge < -0.3 is 5.32 Å². The Morgan fingerprint density at radius 2 is 2.44 bits per heavy atom. The number of halogens is 2. The zero-order valence-corrected chi connectivity index (χ0v) is 13.9. The van der Waals surface area contributed by atoms with Crippen molar-refractivity contribution in [1.29, 1.82) is 0 Å². The second-order valence-electron chi connectivity index (χ2n) is 4.81. The lowest BCUT2D eigenvalue weighted by Crippen LogP contribution is -2.45. The van der Waals surface area contributed by atoms with Crippen LogP contribution >= 0.6 is 38.9 Å². The van der Waals surface area contributed by atoms with Gasteiger partial charge in [0.1, 0.15) is 4.34 Å². The molecule has 1 N–H and O–H groups in total. The first-order valence-corrected chi connectivity index (χ1v) is 8.58. The lowest BCUT2D eigenvalue weighted by molar-refractivity contribution is 0.159. The first kappa shape index (κ1) is 14.8. The summed E-state index contributed by atoms with van der Waals surface area (Å²) in [5.74, 6) is 0. The second kappa shape index (κ2) is 7.25. The van der Waals surface area contributed by atoms with Crippen LogP contribution < -0.4 is 5.32 Å². The third-order valence-corrected chi connectivity index (χ3v) is 5.81. The summed E-state index contributed by atoms with van der Waals surface area (Å²) in [7, 11) is 0. The van der Waals surface area contributed by atoms with Crippen LogP contribution in [0.15, 0.2) is 10.5 Å². The number of rotatable bonds is 5. The maximum Gasteiger partial charge on any atom is 0.107 e. The fourth-order valence-electron chi connectivity index (χ4n) is 2.49. The molecule has 1 aliphatic rings. The molecular formula is C13H20BrClN2S. The van der Waals surface area contributed by atoms with Crippen molar-refractivity contribution in [3.05, 3.63) is 19.8 Å². The number of piperidine rings is 1. The molecule has 1 unspecified atom stereocenters. The highest BCUT2D eigenvalue weighted by atomic mass is 79.9. The largest absolute Gasteiger partial charge is 0.315 e. The molecule has 1 atom stereocenters. The zero-order chi connectivity index (χ0) is 13.0. The highest BCUT2D eigenvalue weighted by Gasteiger charge is 2.21. The Hall–Kier alpha value is 0.390. The van der Waals surface area contributed by atoms with Crippen LogP contribution in [0.4, 0.5) is 0 Å². The Bertz CT molecular complexity index is 358. The average Bonchev–Trinajstić information content (AvgIpc) is 2.69. The molecule has 0 aliphatic carbocycles. The minimum atomic E-state index is 0.679. The first-order chi connectivity index (χ1) is 8.70. The lowest BCUT2D eigenvalue weighted by Gasteiger charge is -2.34. The van der Waals surface area contributed by atoms with Crippen molar-refractivity contribution in [3.63, 3.8) is 0 Å². The number of hydrogen-bond acceptors (Lipinski definition) is 3. The van der Waals surface area contributed by atoms with E-state index in [0.29, 0.717) is 6.04 Å². The number of nitrogens with one attached hydrogen (secondary N) is 1. The molecule has 18 heavy (non-hydrogen) atoms. The second-order valence-corrected chi connectivity index (χ2v) is 7.40. The standard InChI is InChI=1S/C13H20BrClN2S/c1-2-6-17(10-4-3-5-16-8-10)9-11-7-12(14)13(15)18-11/h7,10,16H,2-6,8-9H2,1H3. The molecule has 2 heterocycles. The van der Waals surface area contributed by atoms with Crippen molar-refractivity contribution >= 4 is 38.9 Å². The normalized spacial score (nSPS) is 20.6. The summed E-state index contributed by atoms with van der Waals surface area (Å²) in [5, 5.41) is 3.50. The fourth-order valence-corrected chi connectivity index (χ4v) is 4.31. The van der Waals surface area contributed by atoms with E-state index in [9.17, 15) is 0 Å². The van der Waals surface area contributed by atoms with Gasteiger partial charge in [-0.1, -0.05) is 18.5 Å². The quantitative estimate of drug-likeness (QED) is 0.858. The molecule has 1 saturated heterocycles. The van der Waals surface area contributed by atoms with Crippen molar-refractivity contribution < 1.29 is 0 Å². The summed E-state index contributed by atoms with van der Waals surface area (Å²) >= 11 is 11.3. The molecule has 5 heteroatoms. The SMILES string of the molecule is CCCN(Cc1cc(Br)c(Cl)s1)C1CCCNC1. The summed E-state index contributed by atoms with van der Waals surface area (Å²) in [6.45, 7) is 6.74. The summed E-state index contributed by atoms with van der Waals surface area (Å²) in [6.07, 6.45) is 3.81. The molecule has 1 fully saturated rings. The third-order valence-electron chi connectivity index (χ3n) is 3.35. The molecule has 2 nitrogen and oxygen atoms in total. The predicted molar refractivity (Wildman–Crippen MR) is 83.6 cm³/mol. The summed E-state index contributed by atoms with van der Waals surface area (Å²) < 4.78 is 1.89. The molecular weight excluding hydrogens is 332 g/mol. The number of nitrogens with zero attached hydrogens (tertiary/aromatic N) is 1. The summed E-state index contributed by atoms with van der Waals surface area (Å²) in [6, 6.07) is 2.84. The van der Waals surface area contributed by atoms with Crippen LogP contribution in [0.3, 0.4) is 0 Å². The van der Waals surface area contributed by atoms with E-state index in [1.807, 2.05) is 0 Å². The van der Waals surface area contributed by atoms with Gasteiger partial charge in [-0.15, -0.1) is 11.3 Å². The summed E-state index contributed by atoms with van der Waals surface area (Å²) in [4.78, 5) is 3.95. The minimum Gasteiger partial charge on any atom is -0.315 e. The molecule has 0 bridgehead atoms. The van der Waals surface area contributed by atoms with Crippen LogP contribution in [-0.4, -0.2) is 30.6 Å². The van der Waals surface area contributed by atoms with Gasteiger partial charge in [-0.05, 0) is 54.3 Å². The predicted octanol–water partition coefficient (Wildman–Crippen LogP) is 4.13. The van der Waals surface area contributed by atoms with Gasteiger partial charge in [0.25, 0.3) is 0 Å². The molecule has 0 aromatic carbocycles. The minimum absolute atomic E-state index is 0.679. The summed E-state index contributed by atoms with van der Waals surface area (Å²) in [5.41, 5.74) is 0. The Morgan fingerprint density at radius 3 is 3.00 bits per heavy atom. The van der Waals surface area contributed by atoms with Gasteiger partial charge >= 0.3 is 0 Å². The monoisotopic (exact) mass is 350 g/mol. The van der Waals surface area contributed by atoms with Crippen LogP contribution in [-0.2, 0) is 6.54 Å². The molecule has 1 aliphatic heterocycles. The van der Waals surface area contributed by atoms with Crippen molar-refractivity contribution in [1.82, 2.24) is 10.2 Å². The smallest absolute Gasteiger partial charge is 0.107 e. The van der Waals surface area contributed by atoms with Gasteiger partial charge in [0, 0.05) is 28.5 Å². The van der Waals surface area contributed by atoms with Crippen LogP contribution in [0, 0.1) is 0 Å². The van der Waals surface area contributed by atoms with E-state index in [-0.39, 0.29) is 0 Å². The molecule has 0 radical (unpaired) electrons. The van der Waals surface area contributed by atoms with Crippen molar-refractivity contribution in [2.45, 2.75) is 38.8 Å². The topological polar surface area (TPSA) is 15.3 Å². The van der Waals surface area contributed by atoms with Crippen LogP contribution in [0.5, 0.6) is 0 Å². The Balaban J connectivity index is 2.00. The average molecular weight is 352 g/mol. The van der Waals surface area contributed by atoms with Crippen molar-refractivity contribution in [3.8, 4) is 0 Å². The fraction of sp³-hybridized carbons (Fsp3) is 0.692. The van der Waals surface area contributed by atoms with E-state index in [0.717, 1.165) is 21.9 Å². The van der Waals surface area contributed by atoms with E-state index >= 15 is 0 Å². The van der Waals surface area contributed by atoms with Gasteiger partial charge in [-0.25, -0.2) is 0 Å². The van der Waals surface area contributed by atoms with E-state index < -0.39 is 0 Å². The molecule has 0 saturated carbocycles. The van der Waals surface area contributed by atoms with Crippen molar-refractivity contribution in [2.75, 3.05) is 19.6 Å². The number of thiophene rings is 1. The van der Waals surface area contributed by atoms with Gasteiger partial charge in [0.15, 0.2) is 0 Å². The van der Waals surface area contributed by atoms with Gasteiger partial charge in [-0.2, -0.15) is 0 Å². The molecule has 1 aromatic heterocycles. The molecule has 2 rings (SSSR count). The Kier molecular flexibility index (Phi) is 5.96. The van der Waals surface area contributed by atoms with Crippen molar-refractivity contribution in [2.24, 2.45) is 0 Å². The molecule has 0 amide bonds. The van der Waals surface area contributed by atoms with Gasteiger partial charge in [0.05, 0.1) is 0 Å². The number of hydrogen-bond donors (Lipinski definition) is 1. The maximum absolute atomic E-state index is 6.12. The zero-order valence-electron chi connectivity index (χ0n) is 10.7. The van der Waals surface area contributed by atoms with Gasteiger partial charge in [-0.3, -0.25) is 4.90 Å². The Labute approximate surface area is 127 Å². The first-order valence-electron chi connectivity index (χ1n) is 6.59. The van der Waals surface area contributed by atoms with E-state index in [1.165, 1.54) is 37.2 Å². The van der Waals surface area contributed by atoms with E-state index in [4.69, 9.17) is 11.6 Å². The van der Waals surface area contributed by atoms with E-state index in [2.05, 4.69) is 39.1 Å². The molecule has 102 valence electrons. The third kappa shape index (κ3) is 3.94.